The van der Waals surface area contributed by atoms with E-state index in [1.54, 1.807) is 4.90 Å². The predicted octanol–water partition coefficient (Wildman–Crippen LogP) is 2.18. The Bertz CT molecular complexity index is 183. The van der Waals surface area contributed by atoms with Crippen LogP contribution in [0, 0.1) is 0 Å². The fourth-order valence-electron chi connectivity index (χ4n) is 1.56. The Morgan fingerprint density at radius 1 is 1.33 bits per heavy atom. The van der Waals surface area contributed by atoms with Crippen LogP contribution in [0.15, 0.2) is 0 Å². The first-order valence-electron chi connectivity index (χ1n) is 5.50. The van der Waals surface area contributed by atoms with E-state index >= 15 is 0 Å². The van der Waals surface area contributed by atoms with Gasteiger partial charge in [-0.15, -0.1) is 12.4 Å². The summed E-state index contributed by atoms with van der Waals surface area (Å²) in [6.07, 6.45) is 3.85. The van der Waals surface area contributed by atoms with Crippen LogP contribution < -0.4 is 5.73 Å². The minimum Gasteiger partial charge on any atom is -0.344 e. The highest BCUT2D eigenvalue weighted by Crippen LogP contribution is 2.12. The van der Waals surface area contributed by atoms with Gasteiger partial charge in [0.05, 0.1) is 5.54 Å². The van der Waals surface area contributed by atoms with Crippen LogP contribution in [0.2, 0.25) is 0 Å². The topological polar surface area (TPSA) is 46.3 Å². The zero-order valence-corrected chi connectivity index (χ0v) is 11.2. The maximum absolute atomic E-state index is 11.9. The summed E-state index contributed by atoms with van der Waals surface area (Å²) in [7, 11) is 1.83. The summed E-state index contributed by atoms with van der Waals surface area (Å²) in [5.74, 6) is 0.0628. The Morgan fingerprint density at radius 3 is 2.27 bits per heavy atom. The van der Waals surface area contributed by atoms with Crippen molar-refractivity contribution in [1.29, 1.82) is 0 Å². The number of rotatable bonds is 6. The Hall–Kier alpha value is -0.280. The van der Waals surface area contributed by atoms with Crippen LogP contribution in [0.25, 0.3) is 0 Å². The molecule has 0 spiro atoms. The molecule has 0 radical (unpaired) electrons. The summed E-state index contributed by atoms with van der Waals surface area (Å²) in [4.78, 5) is 13.6. The van der Waals surface area contributed by atoms with E-state index in [9.17, 15) is 4.79 Å². The van der Waals surface area contributed by atoms with Crippen molar-refractivity contribution in [2.75, 3.05) is 13.6 Å². The summed E-state index contributed by atoms with van der Waals surface area (Å²) in [6.45, 7) is 6.80. The highest BCUT2D eigenvalue weighted by molar-refractivity contribution is 5.85. The average molecular weight is 237 g/mol. The largest absolute Gasteiger partial charge is 0.344 e. The molecule has 0 aliphatic heterocycles. The molecule has 3 nitrogen and oxygen atoms in total. The van der Waals surface area contributed by atoms with Gasteiger partial charge in [-0.1, -0.05) is 26.7 Å². The second-order valence-corrected chi connectivity index (χ2v) is 4.25. The van der Waals surface area contributed by atoms with Crippen LogP contribution in [0.4, 0.5) is 0 Å². The van der Waals surface area contributed by atoms with Crippen LogP contribution in [0.5, 0.6) is 0 Å². The molecule has 2 N–H and O–H groups in total. The molecular weight excluding hydrogens is 212 g/mol. The van der Waals surface area contributed by atoms with Crippen molar-refractivity contribution in [1.82, 2.24) is 4.90 Å². The lowest BCUT2D eigenvalue weighted by molar-refractivity contribution is -0.135. The maximum atomic E-state index is 11.9. The maximum Gasteiger partial charge on any atom is 0.242 e. The molecule has 0 fully saturated rings. The van der Waals surface area contributed by atoms with Gasteiger partial charge in [-0.25, -0.2) is 0 Å². The molecule has 0 aliphatic carbocycles. The van der Waals surface area contributed by atoms with Gasteiger partial charge in [0.1, 0.15) is 0 Å². The number of hydrogen-bond donors (Lipinski definition) is 1. The number of carbonyl (C=O) groups excluding carboxylic acids is 1. The normalized spacial score (nSPS) is 13.9. The minimum atomic E-state index is -0.683. The fraction of sp³-hybridized carbons (Fsp3) is 0.909. The van der Waals surface area contributed by atoms with Crippen LogP contribution in [-0.4, -0.2) is 29.9 Å². The van der Waals surface area contributed by atoms with E-state index in [-0.39, 0.29) is 18.3 Å². The van der Waals surface area contributed by atoms with Gasteiger partial charge in [-0.2, -0.15) is 0 Å². The summed E-state index contributed by atoms with van der Waals surface area (Å²) >= 11 is 0. The number of carbonyl (C=O) groups is 1. The van der Waals surface area contributed by atoms with E-state index in [2.05, 4.69) is 6.92 Å². The molecule has 1 amide bonds. The van der Waals surface area contributed by atoms with E-state index < -0.39 is 5.54 Å². The molecule has 4 heteroatoms. The van der Waals surface area contributed by atoms with Gasteiger partial charge < -0.3 is 10.6 Å². The lowest BCUT2D eigenvalue weighted by Crippen LogP contribution is -2.52. The lowest BCUT2D eigenvalue weighted by atomic mass is 9.96. The third kappa shape index (κ3) is 6.00. The number of nitrogens with zero attached hydrogens (tertiary/aromatic N) is 1. The van der Waals surface area contributed by atoms with Gasteiger partial charge in [0.2, 0.25) is 5.91 Å². The van der Waals surface area contributed by atoms with Gasteiger partial charge >= 0.3 is 0 Å². The molecule has 0 aromatic carbocycles. The fourth-order valence-corrected chi connectivity index (χ4v) is 1.56. The van der Waals surface area contributed by atoms with Crippen molar-refractivity contribution in [3.05, 3.63) is 0 Å². The predicted molar refractivity (Wildman–Crippen MR) is 67.3 cm³/mol. The monoisotopic (exact) mass is 236 g/mol. The molecule has 92 valence electrons. The van der Waals surface area contributed by atoms with Crippen LogP contribution in [0.3, 0.4) is 0 Å². The zero-order valence-electron chi connectivity index (χ0n) is 10.4. The molecule has 1 unspecified atom stereocenters. The van der Waals surface area contributed by atoms with E-state index in [0.717, 1.165) is 32.2 Å². The first kappa shape index (κ1) is 17.1. The highest BCUT2D eigenvalue weighted by Gasteiger charge is 2.29. The van der Waals surface area contributed by atoms with E-state index in [1.807, 2.05) is 20.9 Å². The van der Waals surface area contributed by atoms with Crippen molar-refractivity contribution < 1.29 is 4.79 Å². The van der Waals surface area contributed by atoms with Crippen LogP contribution in [0.1, 0.15) is 46.5 Å². The number of amides is 1. The Morgan fingerprint density at radius 2 is 1.87 bits per heavy atom. The SMILES string of the molecule is CCCCN(C)C(=O)C(C)(N)CCC.Cl. The van der Waals surface area contributed by atoms with Crippen molar-refractivity contribution in [3.8, 4) is 0 Å². The minimum absolute atomic E-state index is 0. The standard InChI is InChI=1S/C11H24N2O.ClH/c1-5-7-9-13(4)10(14)11(3,12)8-6-2;/h5-9,12H2,1-4H3;1H. The third-order valence-electron chi connectivity index (χ3n) is 2.45. The van der Waals surface area contributed by atoms with Gasteiger partial charge in [0.25, 0.3) is 0 Å². The van der Waals surface area contributed by atoms with Crippen LogP contribution in [-0.2, 0) is 4.79 Å². The molecule has 1 atom stereocenters. The van der Waals surface area contributed by atoms with Crippen molar-refractivity contribution in [2.24, 2.45) is 5.73 Å². The number of unbranched alkanes of at least 4 members (excludes halogenated alkanes) is 1. The number of nitrogens with two attached hydrogens (primary N) is 1. The highest BCUT2D eigenvalue weighted by atomic mass is 35.5. The second kappa shape index (κ2) is 7.94. The molecule has 0 saturated heterocycles. The first-order valence-corrected chi connectivity index (χ1v) is 5.50. The van der Waals surface area contributed by atoms with Crippen molar-refractivity contribution >= 4 is 18.3 Å². The van der Waals surface area contributed by atoms with Crippen molar-refractivity contribution in [2.45, 2.75) is 52.0 Å². The molecule has 15 heavy (non-hydrogen) atoms. The molecular formula is C11H25ClN2O. The van der Waals surface area contributed by atoms with Gasteiger partial charge in [0.15, 0.2) is 0 Å². The molecule has 0 aromatic heterocycles. The number of hydrogen-bond acceptors (Lipinski definition) is 2. The Balaban J connectivity index is 0. The lowest BCUT2D eigenvalue weighted by Gasteiger charge is -2.28. The van der Waals surface area contributed by atoms with Gasteiger partial charge in [0, 0.05) is 13.6 Å². The van der Waals surface area contributed by atoms with Gasteiger partial charge in [-0.05, 0) is 19.8 Å². The Labute approximate surface area is 99.8 Å². The van der Waals surface area contributed by atoms with Crippen LogP contribution >= 0.6 is 12.4 Å². The zero-order chi connectivity index (χ0) is 11.2. The average Bonchev–Trinajstić information content (AvgIpc) is 2.12. The summed E-state index contributed by atoms with van der Waals surface area (Å²) < 4.78 is 0. The summed E-state index contributed by atoms with van der Waals surface area (Å²) in [6, 6.07) is 0. The van der Waals surface area contributed by atoms with E-state index in [1.165, 1.54) is 0 Å². The second-order valence-electron chi connectivity index (χ2n) is 4.25. The van der Waals surface area contributed by atoms with E-state index in [4.69, 9.17) is 5.73 Å². The Kier molecular flexibility index (Phi) is 9.07. The molecule has 0 rings (SSSR count). The third-order valence-corrected chi connectivity index (χ3v) is 2.45. The van der Waals surface area contributed by atoms with Gasteiger partial charge in [-0.3, -0.25) is 4.79 Å². The number of halogens is 1. The molecule has 0 heterocycles. The van der Waals surface area contributed by atoms with Crippen molar-refractivity contribution in [3.63, 3.8) is 0 Å². The molecule has 0 saturated carbocycles. The number of likely N-dealkylation sites (N-methyl/N-ethyl adjacent to an activating group) is 1. The first-order chi connectivity index (χ1) is 6.45. The summed E-state index contributed by atoms with van der Waals surface area (Å²) in [5.41, 5.74) is 5.27. The quantitative estimate of drug-likeness (QED) is 0.769. The molecule has 0 aromatic rings. The smallest absolute Gasteiger partial charge is 0.242 e. The molecule has 0 bridgehead atoms. The molecule has 0 aliphatic rings. The van der Waals surface area contributed by atoms with E-state index in [0.29, 0.717) is 0 Å². The summed E-state index contributed by atoms with van der Waals surface area (Å²) in [5, 5.41) is 0.